The molecule has 20 heavy (non-hydrogen) atoms. The highest BCUT2D eigenvalue weighted by molar-refractivity contribution is 6.31. The Kier molecular flexibility index (Phi) is 4.93. The number of hydrogen-bond donors (Lipinski definition) is 1. The van der Waals surface area contributed by atoms with Crippen molar-refractivity contribution in [3.63, 3.8) is 0 Å². The summed E-state index contributed by atoms with van der Waals surface area (Å²) >= 11 is 6.08. The molecular formula is C15H14ClF2NO. The van der Waals surface area contributed by atoms with Crippen LogP contribution >= 0.6 is 11.6 Å². The van der Waals surface area contributed by atoms with E-state index >= 15 is 0 Å². The van der Waals surface area contributed by atoms with Crippen LogP contribution < -0.4 is 10.5 Å². The largest absolute Gasteiger partial charge is 0.489 e. The molecule has 2 aromatic rings. The van der Waals surface area contributed by atoms with Crippen LogP contribution in [0.4, 0.5) is 8.78 Å². The fraction of sp³-hybridized carbons (Fsp3) is 0.200. The second-order valence-electron chi connectivity index (χ2n) is 4.32. The molecular weight excluding hydrogens is 284 g/mol. The molecule has 0 spiro atoms. The van der Waals surface area contributed by atoms with Gasteiger partial charge in [0, 0.05) is 16.7 Å². The lowest BCUT2D eigenvalue weighted by atomic mass is 10.1. The quantitative estimate of drug-likeness (QED) is 0.913. The molecule has 2 nitrogen and oxygen atoms in total. The minimum atomic E-state index is -0.628. The lowest BCUT2D eigenvalue weighted by Crippen LogP contribution is -2.06. The van der Waals surface area contributed by atoms with Crippen molar-refractivity contribution < 1.29 is 13.5 Å². The zero-order valence-electron chi connectivity index (χ0n) is 10.7. The maximum atomic E-state index is 13.1. The van der Waals surface area contributed by atoms with Crippen LogP contribution in [0.1, 0.15) is 11.1 Å². The summed E-state index contributed by atoms with van der Waals surface area (Å²) in [6, 6.07) is 8.55. The summed E-state index contributed by atoms with van der Waals surface area (Å²) in [6.45, 7) is 0.501. The smallest absolute Gasteiger partial charge is 0.126 e. The third kappa shape index (κ3) is 3.68. The monoisotopic (exact) mass is 297 g/mol. The predicted molar refractivity (Wildman–Crippen MR) is 74.9 cm³/mol. The van der Waals surface area contributed by atoms with E-state index in [-0.39, 0.29) is 6.61 Å². The molecule has 0 saturated heterocycles. The molecule has 0 aliphatic heterocycles. The molecule has 0 bridgehead atoms. The zero-order chi connectivity index (χ0) is 14.5. The first-order valence-corrected chi connectivity index (χ1v) is 6.53. The van der Waals surface area contributed by atoms with Crippen molar-refractivity contribution in [2.45, 2.75) is 13.0 Å². The maximum absolute atomic E-state index is 13.1. The van der Waals surface area contributed by atoms with E-state index in [1.807, 2.05) is 0 Å². The summed E-state index contributed by atoms with van der Waals surface area (Å²) in [4.78, 5) is 0. The number of nitrogens with two attached hydrogens (primary N) is 1. The highest BCUT2D eigenvalue weighted by Crippen LogP contribution is 2.27. The summed E-state index contributed by atoms with van der Waals surface area (Å²) in [7, 11) is 0. The number of benzene rings is 2. The molecule has 2 N–H and O–H groups in total. The van der Waals surface area contributed by atoms with Crippen LogP contribution in [0.5, 0.6) is 5.75 Å². The van der Waals surface area contributed by atoms with Crippen molar-refractivity contribution >= 4 is 11.6 Å². The van der Waals surface area contributed by atoms with Crippen molar-refractivity contribution in [1.29, 1.82) is 0 Å². The molecule has 2 rings (SSSR count). The van der Waals surface area contributed by atoms with Gasteiger partial charge in [0.15, 0.2) is 0 Å². The Morgan fingerprint density at radius 1 is 1.10 bits per heavy atom. The van der Waals surface area contributed by atoms with Gasteiger partial charge in [0.2, 0.25) is 0 Å². The topological polar surface area (TPSA) is 35.2 Å². The highest BCUT2D eigenvalue weighted by atomic mass is 35.5. The Bertz CT molecular complexity index is 584. The van der Waals surface area contributed by atoms with Gasteiger partial charge in [-0.15, -0.1) is 0 Å². The van der Waals surface area contributed by atoms with Crippen LogP contribution in [0.25, 0.3) is 0 Å². The molecule has 0 aliphatic carbocycles. The second-order valence-corrected chi connectivity index (χ2v) is 4.73. The Morgan fingerprint density at radius 3 is 2.45 bits per heavy atom. The first-order chi connectivity index (χ1) is 9.60. The predicted octanol–water partition coefficient (Wildman–Crippen LogP) is 3.70. The Balaban J connectivity index is 2.16. The van der Waals surface area contributed by atoms with E-state index in [9.17, 15) is 8.78 Å². The van der Waals surface area contributed by atoms with E-state index in [0.717, 1.165) is 11.6 Å². The van der Waals surface area contributed by atoms with Crippen LogP contribution in [-0.2, 0) is 13.0 Å². The first-order valence-electron chi connectivity index (χ1n) is 6.15. The minimum absolute atomic E-state index is 0.0621. The fourth-order valence-electron chi connectivity index (χ4n) is 1.92. The molecule has 5 heteroatoms. The van der Waals surface area contributed by atoms with Crippen LogP contribution in [0.2, 0.25) is 5.02 Å². The molecule has 2 aromatic carbocycles. The van der Waals surface area contributed by atoms with Gasteiger partial charge in [-0.25, -0.2) is 8.78 Å². The molecule has 0 aliphatic rings. The van der Waals surface area contributed by atoms with Gasteiger partial charge in [-0.2, -0.15) is 0 Å². The van der Waals surface area contributed by atoms with Crippen LogP contribution in [-0.4, -0.2) is 6.54 Å². The molecule has 0 radical (unpaired) electrons. The third-order valence-electron chi connectivity index (χ3n) is 2.79. The molecule has 0 aromatic heterocycles. The number of hydrogen-bond acceptors (Lipinski definition) is 2. The Labute approximate surface area is 121 Å². The summed E-state index contributed by atoms with van der Waals surface area (Å²) in [5.41, 5.74) is 6.75. The molecule has 0 unspecified atom stereocenters. The van der Waals surface area contributed by atoms with Crippen molar-refractivity contribution in [3.8, 4) is 5.75 Å². The van der Waals surface area contributed by atoms with E-state index in [1.165, 1.54) is 12.1 Å². The lowest BCUT2D eigenvalue weighted by Gasteiger charge is -2.12. The zero-order valence-corrected chi connectivity index (χ0v) is 11.5. The SMILES string of the molecule is NCCc1c(Cl)cccc1OCc1cc(F)cc(F)c1. The Hall–Kier alpha value is -1.65. The van der Waals surface area contributed by atoms with Crippen molar-refractivity contribution in [2.75, 3.05) is 6.54 Å². The first kappa shape index (κ1) is 14.8. The standard InChI is InChI=1S/C15H14ClF2NO/c16-14-2-1-3-15(13(14)4-5-19)20-9-10-6-11(17)8-12(18)7-10/h1-3,6-8H,4-5,9,19H2. The van der Waals surface area contributed by atoms with Gasteiger partial charge in [0.1, 0.15) is 24.0 Å². The second kappa shape index (κ2) is 6.68. The maximum Gasteiger partial charge on any atom is 0.126 e. The normalized spacial score (nSPS) is 10.6. The van der Waals surface area contributed by atoms with Gasteiger partial charge in [-0.05, 0) is 42.8 Å². The van der Waals surface area contributed by atoms with Crippen LogP contribution in [0.15, 0.2) is 36.4 Å². The van der Waals surface area contributed by atoms with E-state index in [1.54, 1.807) is 18.2 Å². The number of ether oxygens (including phenoxy) is 1. The van der Waals surface area contributed by atoms with Gasteiger partial charge < -0.3 is 10.5 Å². The molecule has 0 atom stereocenters. The number of halogens is 3. The van der Waals surface area contributed by atoms with E-state index in [4.69, 9.17) is 22.1 Å². The van der Waals surface area contributed by atoms with E-state index in [2.05, 4.69) is 0 Å². The average Bonchev–Trinajstić information content (AvgIpc) is 2.38. The minimum Gasteiger partial charge on any atom is -0.489 e. The van der Waals surface area contributed by atoms with Crippen LogP contribution in [0.3, 0.4) is 0 Å². The van der Waals surface area contributed by atoms with Gasteiger partial charge in [-0.1, -0.05) is 17.7 Å². The van der Waals surface area contributed by atoms with Crippen molar-refractivity contribution in [1.82, 2.24) is 0 Å². The molecule has 0 fully saturated rings. The molecule has 0 amide bonds. The van der Waals surface area contributed by atoms with Crippen molar-refractivity contribution in [2.24, 2.45) is 5.73 Å². The average molecular weight is 298 g/mol. The summed E-state index contributed by atoms with van der Waals surface area (Å²) in [6.07, 6.45) is 0.576. The van der Waals surface area contributed by atoms with Gasteiger partial charge in [0.25, 0.3) is 0 Å². The van der Waals surface area contributed by atoms with Gasteiger partial charge >= 0.3 is 0 Å². The van der Waals surface area contributed by atoms with Crippen molar-refractivity contribution in [3.05, 3.63) is 64.2 Å². The lowest BCUT2D eigenvalue weighted by molar-refractivity contribution is 0.301. The van der Waals surface area contributed by atoms with Crippen LogP contribution in [0, 0.1) is 11.6 Å². The fourth-order valence-corrected chi connectivity index (χ4v) is 2.18. The Morgan fingerprint density at radius 2 is 1.80 bits per heavy atom. The van der Waals surface area contributed by atoms with Gasteiger partial charge in [0.05, 0.1) is 0 Å². The molecule has 0 heterocycles. The highest BCUT2D eigenvalue weighted by Gasteiger charge is 2.08. The van der Waals surface area contributed by atoms with Gasteiger partial charge in [-0.3, -0.25) is 0 Å². The summed E-state index contributed by atoms with van der Waals surface area (Å²) < 4.78 is 31.8. The van der Waals surface area contributed by atoms with E-state index in [0.29, 0.717) is 29.3 Å². The van der Waals surface area contributed by atoms with E-state index < -0.39 is 11.6 Å². The summed E-state index contributed by atoms with van der Waals surface area (Å²) in [5.74, 6) is -0.679. The third-order valence-corrected chi connectivity index (χ3v) is 3.14. The molecule has 106 valence electrons. The summed E-state index contributed by atoms with van der Waals surface area (Å²) in [5, 5.41) is 0.568. The molecule has 0 saturated carbocycles. The number of rotatable bonds is 5.